The average Bonchev–Trinajstić information content (AvgIpc) is 2.84. The van der Waals surface area contributed by atoms with Crippen LogP contribution in [-0.4, -0.2) is 18.1 Å². The third-order valence-electron chi connectivity index (χ3n) is 4.70. The smallest absolute Gasteiger partial charge is 0.131 e. The number of fused-ring (bicyclic) bond motifs is 2. The van der Waals surface area contributed by atoms with Crippen LogP contribution in [0.5, 0.6) is 5.75 Å². The number of aryl methyl sites for hydroxylation is 1. The van der Waals surface area contributed by atoms with Gasteiger partial charge >= 0.3 is 0 Å². The van der Waals surface area contributed by atoms with Crippen molar-refractivity contribution >= 4 is 28.3 Å². The largest absolute Gasteiger partial charge is 0.494 e. The molecule has 0 atom stereocenters. The van der Waals surface area contributed by atoms with Crippen molar-refractivity contribution in [3.8, 4) is 5.75 Å². The predicted octanol–water partition coefficient (Wildman–Crippen LogP) is 5.24. The summed E-state index contributed by atoms with van der Waals surface area (Å²) in [4.78, 5) is 7.16. The Hall–Kier alpha value is -2.26. The molecule has 0 saturated carbocycles. The highest BCUT2D eigenvalue weighted by atomic mass is 35.5. The Morgan fingerprint density at radius 2 is 2.00 bits per heavy atom. The van der Waals surface area contributed by atoms with Crippen molar-refractivity contribution in [3.63, 3.8) is 0 Å². The second kappa shape index (κ2) is 6.93. The first kappa shape index (κ1) is 16.2. The molecule has 0 unspecified atom stereocenters. The standard InChI is InChI=1S/C21H21ClN2O/c1-2-25-17-10-9-15-6-5-11-24(14-16(15)12-17)21-13-19(22)18-7-3-4-8-20(18)23-21/h3-4,7-10,12-13H,2,5-6,11,14H2,1H3. The van der Waals surface area contributed by atoms with E-state index < -0.39 is 0 Å². The maximum atomic E-state index is 6.50. The minimum absolute atomic E-state index is 0.685. The molecule has 25 heavy (non-hydrogen) atoms. The SMILES string of the molecule is CCOc1ccc2c(c1)CN(c1cc(Cl)c3ccccc3n1)CCC2. The molecule has 4 heteroatoms. The highest BCUT2D eigenvalue weighted by molar-refractivity contribution is 6.35. The molecule has 4 rings (SSSR count). The molecule has 0 fully saturated rings. The Balaban J connectivity index is 1.70. The maximum Gasteiger partial charge on any atom is 0.131 e. The van der Waals surface area contributed by atoms with Crippen LogP contribution in [-0.2, 0) is 13.0 Å². The van der Waals surface area contributed by atoms with Gasteiger partial charge in [-0.3, -0.25) is 0 Å². The molecule has 1 aliphatic heterocycles. The molecule has 1 aromatic heterocycles. The Kier molecular flexibility index (Phi) is 4.50. The van der Waals surface area contributed by atoms with Crippen LogP contribution in [0.1, 0.15) is 24.5 Å². The van der Waals surface area contributed by atoms with Gasteiger partial charge in [-0.1, -0.05) is 35.9 Å². The number of aromatic nitrogens is 1. The number of pyridine rings is 1. The van der Waals surface area contributed by atoms with Crippen molar-refractivity contribution in [2.45, 2.75) is 26.3 Å². The first-order valence-electron chi connectivity index (χ1n) is 8.79. The Morgan fingerprint density at radius 1 is 1.12 bits per heavy atom. The molecule has 0 radical (unpaired) electrons. The number of rotatable bonds is 3. The van der Waals surface area contributed by atoms with E-state index in [-0.39, 0.29) is 0 Å². The molecule has 3 nitrogen and oxygen atoms in total. The van der Waals surface area contributed by atoms with Gasteiger partial charge in [-0.25, -0.2) is 4.98 Å². The van der Waals surface area contributed by atoms with Crippen molar-refractivity contribution in [1.82, 2.24) is 4.98 Å². The van der Waals surface area contributed by atoms with Crippen LogP contribution in [0.25, 0.3) is 10.9 Å². The third-order valence-corrected chi connectivity index (χ3v) is 5.01. The van der Waals surface area contributed by atoms with Gasteiger partial charge in [0.1, 0.15) is 11.6 Å². The van der Waals surface area contributed by atoms with Crippen molar-refractivity contribution in [2.24, 2.45) is 0 Å². The van der Waals surface area contributed by atoms with E-state index in [1.165, 1.54) is 11.1 Å². The summed E-state index contributed by atoms with van der Waals surface area (Å²) in [5.41, 5.74) is 3.66. The Morgan fingerprint density at radius 3 is 2.88 bits per heavy atom. The molecular formula is C21H21ClN2O. The van der Waals surface area contributed by atoms with Gasteiger partial charge in [-0.15, -0.1) is 0 Å². The van der Waals surface area contributed by atoms with Gasteiger partial charge in [-0.05, 0) is 55.2 Å². The lowest BCUT2D eigenvalue weighted by Crippen LogP contribution is -2.23. The highest BCUT2D eigenvalue weighted by Gasteiger charge is 2.17. The molecule has 0 N–H and O–H groups in total. The van der Waals surface area contributed by atoms with Gasteiger partial charge in [0, 0.05) is 18.5 Å². The van der Waals surface area contributed by atoms with Crippen molar-refractivity contribution < 1.29 is 4.74 Å². The van der Waals surface area contributed by atoms with Crippen LogP contribution in [0.15, 0.2) is 48.5 Å². The normalized spacial score (nSPS) is 14.2. The van der Waals surface area contributed by atoms with E-state index in [1.54, 1.807) is 0 Å². The van der Waals surface area contributed by atoms with Crippen LogP contribution >= 0.6 is 11.6 Å². The van der Waals surface area contributed by atoms with Crippen LogP contribution < -0.4 is 9.64 Å². The van der Waals surface area contributed by atoms with E-state index in [4.69, 9.17) is 21.3 Å². The number of nitrogens with zero attached hydrogens (tertiary/aromatic N) is 2. The summed E-state index contributed by atoms with van der Waals surface area (Å²) in [6.45, 7) is 4.50. The van der Waals surface area contributed by atoms with E-state index in [1.807, 2.05) is 37.3 Å². The average molecular weight is 353 g/mol. The second-order valence-corrected chi connectivity index (χ2v) is 6.78. The van der Waals surface area contributed by atoms with E-state index in [2.05, 4.69) is 23.1 Å². The minimum atomic E-state index is 0.685. The monoisotopic (exact) mass is 352 g/mol. The summed E-state index contributed by atoms with van der Waals surface area (Å²) in [6, 6.07) is 16.5. The number of hydrogen-bond acceptors (Lipinski definition) is 3. The number of anilines is 1. The summed E-state index contributed by atoms with van der Waals surface area (Å²) < 4.78 is 5.68. The number of ether oxygens (including phenoxy) is 1. The Bertz CT molecular complexity index is 910. The third kappa shape index (κ3) is 3.29. The van der Waals surface area contributed by atoms with Gasteiger partial charge in [0.15, 0.2) is 0 Å². The molecule has 128 valence electrons. The lowest BCUT2D eigenvalue weighted by atomic mass is 10.0. The fourth-order valence-electron chi connectivity index (χ4n) is 3.47. The number of para-hydroxylation sites is 1. The van der Waals surface area contributed by atoms with Gasteiger partial charge in [0.25, 0.3) is 0 Å². The molecule has 0 spiro atoms. The molecule has 3 aromatic rings. The molecule has 0 amide bonds. The van der Waals surface area contributed by atoms with Crippen LogP contribution in [0.3, 0.4) is 0 Å². The minimum Gasteiger partial charge on any atom is -0.494 e. The lowest BCUT2D eigenvalue weighted by molar-refractivity contribution is 0.340. The summed E-state index contributed by atoms with van der Waals surface area (Å²) in [5.74, 6) is 1.88. The van der Waals surface area contributed by atoms with Crippen LogP contribution in [0.4, 0.5) is 5.82 Å². The van der Waals surface area contributed by atoms with Gasteiger partial charge in [-0.2, -0.15) is 0 Å². The summed E-state index contributed by atoms with van der Waals surface area (Å²) in [6.07, 6.45) is 2.19. The van der Waals surface area contributed by atoms with Crippen molar-refractivity contribution in [2.75, 3.05) is 18.1 Å². The number of hydrogen-bond donors (Lipinski definition) is 0. The first-order valence-corrected chi connectivity index (χ1v) is 9.17. The molecule has 0 saturated heterocycles. The molecule has 2 aromatic carbocycles. The summed E-state index contributed by atoms with van der Waals surface area (Å²) >= 11 is 6.50. The van der Waals surface area contributed by atoms with E-state index in [0.717, 1.165) is 53.4 Å². The van der Waals surface area contributed by atoms with E-state index in [9.17, 15) is 0 Å². The zero-order valence-electron chi connectivity index (χ0n) is 14.3. The predicted molar refractivity (Wildman–Crippen MR) is 104 cm³/mol. The highest BCUT2D eigenvalue weighted by Crippen LogP contribution is 2.30. The molecule has 2 heterocycles. The zero-order valence-corrected chi connectivity index (χ0v) is 15.1. The quantitative estimate of drug-likeness (QED) is 0.644. The molecule has 1 aliphatic rings. The first-order chi connectivity index (χ1) is 12.2. The summed E-state index contributed by atoms with van der Waals surface area (Å²) in [5, 5.41) is 1.76. The maximum absolute atomic E-state index is 6.50. The second-order valence-electron chi connectivity index (χ2n) is 6.37. The Labute approximate surface area is 153 Å². The molecular weight excluding hydrogens is 332 g/mol. The number of benzene rings is 2. The zero-order chi connectivity index (χ0) is 17.2. The van der Waals surface area contributed by atoms with Gasteiger partial charge in [0.2, 0.25) is 0 Å². The fourth-order valence-corrected chi connectivity index (χ4v) is 3.73. The van der Waals surface area contributed by atoms with Crippen LogP contribution in [0, 0.1) is 0 Å². The van der Waals surface area contributed by atoms with Crippen molar-refractivity contribution in [1.29, 1.82) is 0 Å². The lowest BCUT2D eigenvalue weighted by Gasteiger charge is -2.23. The topological polar surface area (TPSA) is 25.4 Å². The van der Waals surface area contributed by atoms with Gasteiger partial charge < -0.3 is 9.64 Å². The van der Waals surface area contributed by atoms with E-state index >= 15 is 0 Å². The molecule has 0 aliphatic carbocycles. The van der Waals surface area contributed by atoms with Crippen LogP contribution in [0.2, 0.25) is 5.02 Å². The van der Waals surface area contributed by atoms with E-state index in [0.29, 0.717) is 6.61 Å². The molecule has 0 bridgehead atoms. The van der Waals surface area contributed by atoms with Gasteiger partial charge in [0.05, 0.1) is 17.1 Å². The fraction of sp³-hybridized carbons (Fsp3) is 0.286. The van der Waals surface area contributed by atoms with Crippen molar-refractivity contribution in [3.05, 3.63) is 64.7 Å². The number of halogens is 1. The summed E-state index contributed by atoms with van der Waals surface area (Å²) in [7, 11) is 0.